The molecule has 1 aromatic rings. The maximum atomic E-state index is 12.8. The number of benzene rings is 1. The third kappa shape index (κ3) is 3.75. The van der Waals surface area contributed by atoms with Gasteiger partial charge in [-0.3, -0.25) is 0 Å². The van der Waals surface area contributed by atoms with Gasteiger partial charge in [-0.25, -0.2) is 8.42 Å². The van der Waals surface area contributed by atoms with Crippen LogP contribution in [0, 0.1) is 19.3 Å². The van der Waals surface area contributed by atoms with Crippen molar-refractivity contribution in [1.29, 1.82) is 0 Å². The highest BCUT2D eigenvalue weighted by molar-refractivity contribution is 7.89. The fourth-order valence-corrected chi connectivity index (χ4v) is 4.05. The van der Waals surface area contributed by atoms with Crippen molar-refractivity contribution in [1.82, 2.24) is 4.31 Å². The van der Waals surface area contributed by atoms with E-state index in [0.29, 0.717) is 4.90 Å². The Bertz CT molecular complexity index is 638. The Morgan fingerprint density at radius 2 is 2.00 bits per heavy atom. The number of allylic oxidation sites excluding steroid dienone is 1. The van der Waals surface area contributed by atoms with Crippen molar-refractivity contribution < 1.29 is 8.42 Å². The Labute approximate surface area is 127 Å². The molecule has 1 aliphatic carbocycles. The van der Waals surface area contributed by atoms with Gasteiger partial charge in [0.1, 0.15) is 0 Å². The zero-order chi connectivity index (χ0) is 15.3. The Morgan fingerprint density at radius 3 is 2.67 bits per heavy atom. The van der Waals surface area contributed by atoms with Crippen molar-refractivity contribution in [3.05, 3.63) is 42.0 Å². The summed E-state index contributed by atoms with van der Waals surface area (Å²) in [7, 11) is -3.56. The van der Waals surface area contributed by atoms with E-state index in [2.05, 4.69) is 12.0 Å². The lowest BCUT2D eigenvalue weighted by molar-refractivity contribution is 0.374. The summed E-state index contributed by atoms with van der Waals surface area (Å²) in [5.74, 6) is 2.49. The standard InChI is InChI=1S/C17H21NO2S/c1-3-14-18(16-8-6-4-5-7-9-16)21(19,20)17-12-10-15(2)11-13-17/h1,6,8,10-13,16H,4-5,7,9,14H2,2H3/t16-/m0/s1. The Morgan fingerprint density at radius 1 is 1.29 bits per heavy atom. The van der Waals surface area contributed by atoms with Crippen LogP contribution < -0.4 is 0 Å². The van der Waals surface area contributed by atoms with Gasteiger partial charge in [0.25, 0.3) is 0 Å². The van der Waals surface area contributed by atoms with Crippen LogP contribution in [-0.4, -0.2) is 25.3 Å². The lowest BCUT2D eigenvalue weighted by Gasteiger charge is -2.27. The van der Waals surface area contributed by atoms with Crippen LogP contribution in [0.1, 0.15) is 31.2 Å². The van der Waals surface area contributed by atoms with E-state index in [1.54, 1.807) is 12.1 Å². The molecule has 0 saturated heterocycles. The molecule has 3 nitrogen and oxygen atoms in total. The van der Waals surface area contributed by atoms with Crippen LogP contribution in [0.25, 0.3) is 0 Å². The lowest BCUT2D eigenvalue weighted by Crippen LogP contribution is -2.39. The van der Waals surface area contributed by atoms with Gasteiger partial charge >= 0.3 is 0 Å². The maximum absolute atomic E-state index is 12.8. The van der Waals surface area contributed by atoms with E-state index in [1.165, 1.54) is 4.31 Å². The summed E-state index contributed by atoms with van der Waals surface area (Å²) in [6.07, 6.45) is 13.4. The number of nitrogens with zero attached hydrogens (tertiary/aromatic N) is 1. The van der Waals surface area contributed by atoms with Gasteiger partial charge in [-0.15, -0.1) is 6.42 Å². The van der Waals surface area contributed by atoms with Crippen molar-refractivity contribution >= 4 is 10.0 Å². The zero-order valence-electron chi connectivity index (χ0n) is 12.3. The van der Waals surface area contributed by atoms with E-state index in [-0.39, 0.29) is 12.6 Å². The molecule has 4 heteroatoms. The van der Waals surface area contributed by atoms with E-state index >= 15 is 0 Å². The Kier molecular flexibility index (Phi) is 5.22. The van der Waals surface area contributed by atoms with E-state index in [0.717, 1.165) is 31.2 Å². The molecule has 1 aromatic carbocycles. The molecular formula is C17H21NO2S. The summed E-state index contributed by atoms with van der Waals surface area (Å²) >= 11 is 0. The van der Waals surface area contributed by atoms with Crippen molar-refractivity contribution in [2.75, 3.05) is 6.54 Å². The van der Waals surface area contributed by atoms with Gasteiger partial charge in [-0.1, -0.05) is 42.2 Å². The van der Waals surface area contributed by atoms with Crippen LogP contribution >= 0.6 is 0 Å². The summed E-state index contributed by atoms with van der Waals surface area (Å²) < 4.78 is 27.1. The number of hydrogen-bond acceptors (Lipinski definition) is 2. The maximum Gasteiger partial charge on any atom is 0.244 e. The van der Waals surface area contributed by atoms with Gasteiger partial charge in [-0.05, 0) is 38.3 Å². The van der Waals surface area contributed by atoms with Gasteiger partial charge in [0.15, 0.2) is 0 Å². The highest BCUT2D eigenvalue weighted by Gasteiger charge is 2.29. The minimum Gasteiger partial charge on any atom is -0.207 e. The third-order valence-corrected chi connectivity index (χ3v) is 5.61. The van der Waals surface area contributed by atoms with Crippen LogP contribution in [0.3, 0.4) is 0 Å². The van der Waals surface area contributed by atoms with Gasteiger partial charge in [0.2, 0.25) is 10.0 Å². The van der Waals surface area contributed by atoms with Gasteiger partial charge in [-0.2, -0.15) is 4.31 Å². The van der Waals surface area contributed by atoms with E-state index < -0.39 is 10.0 Å². The largest absolute Gasteiger partial charge is 0.244 e. The first kappa shape index (κ1) is 15.8. The predicted octanol–water partition coefficient (Wildman–Crippen LogP) is 3.12. The van der Waals surface area contributed by atoms with E-state index in [4.69, 9.17) is 6.42 Å². The third-order valence-electron chi connectivity index (χ3n) is 3.72. The highest BCUT2D eigenvalue weighted by atomic mass is 32.2. The monoisotopic (exact) mass is 303 g/mol. The minimum atomic E-state index is -3.56. The zero-order valence-corrected chi connectivity index (χ0v) is 13.1. The van der Waals surface area contributed by atoms with Gasteiger partial charge < -0.3 is 0 Å². The predicted molar refractivity (Wildman–Crippen MR) is 85.3 cm³/mol. The van der Waals surface area contributed by atoms with Crippen LogP contribution in [0.4, 0.5) is 0 Å². The van der Waals surface area contributed by atoms with Crippen molar-refractivity contribution in [2.24, 2.45) is 0 Å². The molecule has 1 aliphatic rings. The highest BCUT2D eigenvalue weighted by Crippen LogP contribution is 2.24. The van der Waals surface area contributed by atoms with Crippen LogP contribution in [0.5, 0.6) is 0 Å². The molecule has 0 N–H and O–H groups in total. The van der Waals surface area contributed by atoms with Gasteiger partial charge in [0, 0.05) is 6.04 Å². The molecule has 0 spiro atoms. The normalized spacial score (nSPS) is 19.2. The summed E-state index contributed by atoms with van der Waals surface area (Å²) in [4.78, 5) is 0.306. The van der Waals surface area contributed by atoms with Crippen molar-refractivity contribution in [2.45, 2.75) is 43.5 Å². The smallest absolute Gasteiger partial charge is 0.207 e. The SMILES string of the molecule is C#CCN([C@H]1C=CCCCC1)S(=O)(=O)c1ccc(C)cc1. The minimum absolute atomic E-state index is 0.102. The molecule has 0 bridgehead atoms. The van der Waals surface area contributed by atoms with Crippen LogP contribution in [0.15, 0.2) is 41.3 Å². The Balaban J connectivity index is 2.36. The quantitative estimate of drug-likeness (QED) is 0.633. The lowest BCUT2D eigenvalue weighted by atomic mass is 10.1. The fourth-order valence-electron chi connectivity index (χ4n) is 2.52. The number of rotatable bonds is 4. The molecule has 0 aromatic heterocycles. The van der Waals surface area contributed by atoms with Gasteiger partial charge in [0.05, 0.1) is 11.4 Å². The average Bonchev–Trinajstić information content (AvgIpc) is 2.74. The van der Waals surface area contributed by atoms with Crippen molar-refractivity contribution in [3.63, 3.8) is 0 Å². The van der Waals surface area contributed by atoms with E-state index in [9.17, 15) is 8.42 Å². The molecule has 0 radical (unpaired) electrons. The molecule has 0 aliphatic heterocycles. The molecule has 0 fully saturated rings. The molecule has 0 amide bonds. The molecule has 2 rings (SSSR count). The molecule has 0 heterocycles. The number of aryl methyl sites for hydroxylation is 1. The summed E-state index contributed by atoms with van der Waals surface area (Å²) in [5, 5.41) is 0. The number of terminal acetylenes is 1. The number of hydrogen-bond donors (Lipinski definition) is 0. The molecule has 21 heavy (non-hydrogen) atoms. The molecule has 0 saturated carbocycles. The molecule has 0 unspecified atom stereocenters. The van der Waals surface area contributed by atoms with Crippen LogP contribution in [0.2, 0.25) is 0 Å². The second-order valence-corrected chi connectivity index (χ2v) is 7.24. The average molecular weight is 303 g/mol. The van der Waals surface area contributed by atoms with Crippen molar-refractivity contribution in [3.8, 4) is 12.3 Å². The molecule has 1 atom stereocenters. The second-order valence-electron chi connectivity index (χ2n) is 5.35. The molecular weight excluding hydrogens is 282 g/mol. The first-order valence-electron chi connectivity index (χ1n) is 7.24. The summed E-state index contributed by atoms with van der Waals surface area (Å²) in [5.41, 5.74) is 1.03. The first-order chi connectivity index (χ1) is 10.1. The second kappa shape index (κ2) is 6.93. The van der Waals surface area contributed by atoms with Crippen LogP contribution in [-0.2, 0) is 10.0 Å². The Hall–Kier alpha value is -1.57. The summed E-state index contributed by atoms with van der Waals surface area (Å²) in [6.45, 7) is 2.04. The van der Waals surface area contributed by atoms with E-state index in [1.807, 2.05) is 25.1 Å². The first-order valence-corrected chi connectivity index (χ1v) is 8.68. The summed E-state index contributed by atoms with van der Waals surface area (Å²) in [6, 6.07) is 6.77. The number of sulfonamides is 1. The topological polar surface area (TPSA) is 37.4 Å². The molecule has 112 valence electrons. The fraction of sp³-hybridized carbons (Fsp3) is 0.412.